The quantitative estimate of drug-likeness (QED) is 0.357. The van der Waals surface area contributed by atoms with Crippen LogP contribution in [0.1, 0.15) is 83.1 Å². The number of hydrogen-bond acceptors (Lipinski definition) is 5. The summed E-state index contributed by atoms with van der Waals surface area (Å²) in [7, 11) is 0. The maximum absolute atomic E-state index is 13.8. The van der Waals surface area contributed by atoms with Gasteiger partial charge in [0.1, 0.15) is 0 Å². The molecule has 2 heterocycles. The van der Waals surface area contributed by atoms with Gasteiger partial charge in [0.15, 0.2) is 0 Å². The smallest absolute Gasteiger partial charge is 0.248 e. The van der Waals surface area contributed by atoms with Crippen molar-refractivity contribution in [3.05, 3.63) is 36.4 Å². The Kier molecular flexibility index (Phi) is 8.15. The van der Waals surface area contributed by atoms with Crippen LogP contribution in [0.3, 0.4) is 0 Å². The molecule has 2 aromatic heterocycles. The van der Waals surface area contributed by atoms with Crippen LogP contribution in [-0.2, 0) is 6.54 Å². The Morgan fingerprint density at radius 1 is 1.39 bits per heavy atom. The average molecular weight is 460 g/mol. The van der Waals surface area contributed by atoms with Crippen molar-refractivity contribution in [3.8, 4) is 0 Å². The van der Waals surface area contributed by atoms with E-state index in [0.29, 0.717) is 42.5 Å². The summed E-state index contributed by atoms with van der Waals surface area (Å²) in [5.74, 6) is -2.17. The minimum atomic E-state index is -2.60. The molecule has 0 amide bonds. The van der Waals surface area contributed by atoms with Gasteiger partial charge >= 0.3 is 0 Å². The lowest BCUT2D eigenvalue weighted by atomic mass is 9.81. The number of halogens is 2. The third-order valence-electron chi connectivity index (χ3n) is 6.25. The van der Waals surface area contributed by atoms with Crippen LogP contribution < -0.4 is 5.32 Å². The number of unbranched alkanes of at least 4 members (excludes halogenated alkanes) is 1. The molecule has 180 valence electrons. The first-order valence-corrected chi connectivity index (χ1v) is 11.8. The van der Waals surface area contributed by atoms with Crippen LogP contribution >= 0.6 is 0 Å². The topological polar surface area (TPSA) is 94.7 Å². The fourth-order valence-electron chi connectivity index (χ4n) is 4.29. The van der Waals surface area contributed by atoms with Gasteiger partial charge in [-0.1, -0.05) is 19.9 Å². The van der Waals surface area contributed by atoms with Gasteiger partial charge in [-0.25, -0.2) is 18.8 Å². The third kappa shape index (κ3) is 6.36. The molecule has 33 heavy (non-hydrogen) atoms. The normalized spacial score (nSPS) is 17.7. The molecule has 0 aromatic carbocycles. The van der Waals surface area contributed by atoms with E-state index in [1.54, 1.807) is 19.3 Å². The van der Waals surface area contributed by atoms with Gasteiger partial charge in [-0.15, -0.1) is 0 Å². The van der Waals surface area contributed by atoms with Crippen molar-refractivity contribution in [1.82, 2.24) is 25.1 Å². The van der Waals surface area contributed by atoms with Gasteiger partial charge in [-0.2, -0.15) is 5.10 Å². The second kappa shape index (κ2) is 10.9. The first-order valence-electron chi connectivity index (χ1n) is 11.8. The van der Waals surface area contributed by atoms with Crippen molar-refractivity contribution in [2.24, 2.45) is 10.9 Å². The summed E-state index contributed by atoms with van der Waals surface area (Å²) < 4.78 is 29.5. The van der Waals surface area contributed by atoms with Crippen molar-refractivity contribution in [2.45, 2.75) is 84.2 Å². The lowest BCUT2D eigenvalue weighted by molar-refractivity contribution is -0.0493. The van der Waals surface area contributed by atoms with Crippen LogP contribution in [0.25, 0.3) is 5.70 Å². The van der Waals surface area contributed by atoms with Gasteiger partial charge in [0, 0.05) is 31.3 Å². The van der Waals surface area contributed by atoms with E-state index in [-0.39, 0.29) is 24.8 Å². The lowest BCUT2D eigenvalue weighted by Crippen LogP contribution is -2.34. The minimum absolute atomic E-state index is 0.000637. The van der Waals surface area contributed by atoms with E-state index in [9.17, 15) is 8.78 Å². The van der Waals surface area contributed by atoms with Crippen LogP contribution in [0.2, 0.25) is 0 Å². The molecule has 0 bridgehead atoms. The van der Waals surface area contributed by atoms with Crippen LogP contribution in [0.15, 0.2) is 30.0 Å². The molecule has 7 nitrogen and oxygen atoms in total. The first-order chi connectivity index (χ1) is 15.7. The highest BCUT2D eigenvalue weighted by atomic mass is 19.3. The molecular weight excluding hydrogens is 424 g/mol. The van der Waals surface area contributed by atoms with Crippen molar-refractivity contribution >= 4 is 23.1 Å². The fraction of sp³-hybridized carbons (Fsp3) is 0.583. The lowest BCUT2D eigenvalue weighted by Gasteiger charge is -2.34. The monoisotopic (exact) mass is 459 g/mol. The zero-order valence-corrected chi connectivity index (χ0v) is 19.8. The zero-order chi connectivity index (χ0) is 24.0. The molecule has 3 rings (SSSR count). The van der Waals surface area contributed by atoms with Gasteiger partial charge in [-0.3, -0.25) is 4.68 Å². The maximum atomic E-state index is 13.8. The molecule has 1 aliphatic carbocycles. The molecule has 2 aromatic rings. The number of alkyl halides is 2. The molecule has 1 atom stereocenters. The molecule has 1 unspecified atom stereocenters. The van der Waals surface area contributed by atoms with E-state index < -0.39 is 5.92 Å². The summed E-state index contributed by atoms with van der Waals surface area (Å²) in [6.45, 7) is 10.7. The standard InChI is InChI=1S/C24H35F2N7/c1-5-7-8-19(16(3)27)31-23-28-15-20(32-23)22(18-9-12-24(25,26)13-10-18)30-17(4)21-11-14-29-33(21)6-2/h11,14-15,18,22,27,30H,4-10,12-13H2,1-3H3,(H,28,32)/b27-16?,31-19-. The van der Waals surface area contributed by atoms with Crippen molar-refractivity contribution in [2.75, 3.05) is 0 Å². The number of aromatic amines is 1. The summed E-state index contributed by atoms with van der Waals surface area (Å²) in [4.78, 5) is 12.2. The highest BCUT2D eigenvalue weighted by Gasteiger charge is 2.38. The summed E-state index contributed by atoms with van der Waals surface area (Å²) in [5.41, 5.74) is 3.46. The maximum Gasteiger partial charge on any atom is 0.248 e. The summed E-state index contributed by atoms with van der Waals surface area (Å²) in [5, 5.41) is 15.8. The molecular formula is C24H35F2N7. The number of H-pyrrole nitrogens is 1. The van der Waals surface area contributed by atoms with E-state index >= 15 is 0 Å². The Morgan fingerprint density at radius 3 is 2.76 bits per heavy atom. The molecule has 0 aliphatic heterocycles. The van der Waals surface area contributed by atoms with Crippen LogP contribution in [0.4, 0.5) is 14.7 Å². The summed E-state index contributed by atoms with van der Waals surface area (Å²) in [6.07, 6.45) is 6.70. The van der Waals surface area contributed by atoms with E-state index in [4.69, 9.17) is 5.41 Å². The number of aliphatic imine (C=N–C) groups is 1. The molecule has 0 radical (unpaired) electrons. The molecule has 0 spiro atoms. The number of rotatable bonds is 11. The van der Waals surface area contributed by atoms with Crippen LogP contribution in [0, 0.1) is 11.3 Å². The number of nitrogens with zero attached hydrogens (tertiary/aromatic N) is 4. The Balaban J connectivity index is 1.86. The number of aryl methyl sites for hydroxylation is 1. The Labute approximate surface area is 194 Å². The van der Waals surface area contributed by atoms with Crippen LogP contribution in [-0.4, -0.2) is 37.1 Å². The van der Waals surface area contributed by atoms with Gasteiger partial charge in [0.2, 0.25) is 11.9 Å². The largest absolute Gasteiger partial charge is 0.375 e. The molecule has 1 saturated carbocycles. The highest BCUT2D eigenvalue weighted by Crippen LogP contribution is 2.42. The van der Waals surface area contributed by atoms with Gasteiger partial charge < -0.3 is 15.7 Å². The molecule has 9 heteroatoms. The zero-order valence-electron chi connectivity index (χ0n) is 19.8. The number of hydrogen-bond donors (Lipinski definition) is 3. The molecule has 3 N–H and O–H groups in total. The van der Waals surface area contributed by atoms with Crippen molar-refractivity contribution in [1.29, 1.82) is 5.41 Å². The number of imidazole rings is 1. The molecule has 0 saturated heterocycles. The van der Waals surface area contributed by atoms with Crippen molar-refractivity contribution < 1.29 is 8.78 Å². The van der Waals surface area contributed by atoms with E-state index in [1.807, 2.05) is 17.7 Å². The third-order valence-corrected chi connectivity index (χ3v) is 6.25. The molecule has 1 fully saturated rings. The summed E-state index contributed by atoms with van der Waals surface area (Å²) >= 11 is 0. The Hall–Kier alpha value is -2.84. The highest BCUT2D eigenvalue weighted by molar-refractivity contribution is 6.40. The SMILES string of the molecule is C=C(NC(c1cnc(/N=C(/CCCC)C(C)=N)[nH]1)C1CCC(F)(F)CC1)c1ccnn1CC. The van der Waals surface area contributed by atoms with Crippen molar-refractivity contribution in [3.63, 3.8) is 0 Å². The Bertz CT molecular complexity index is 979. The van der Waals surface area contributed by atoms with E-state index in [0.717, 1.165) is 30.7 Å². The second-order valence-corrected chi connectivity index (χ2v) is 8.78. The number of nitrogens with one attached hydrogen (secondary N) is 3. The van der Waals surface area contributed by atoms with Crippen LogP contribution in [0.5, 0.6) is 0 Å². The van der Waals surface area contributed by atoms with Gasteiger partial charge in [0.05, 0.1) is 35.0 Å². The predicted molar refractivity (Wildman–Crippen MR) is 128 cm³/mol. The predicted octanol–water partition coefficient (Wildman–Crippen LogP) is 6.06. The summed E-state index contributed by atoms with van der Waals surface area (Å²) in [6, 6.07) is 1.63. The fourth-order valence-corrected chi connectivity index (χ4v) is 4.29. The molecule has 1 aliphatic rings. The second-order valence-electron chi connectivity index (χ2n) is 8.78. The van der Waals surface area contributed by atoms with Gasteiger partial charge in [0.25, 0.3) is 0 Å². The Morgan fingerprint density at radius 2 is 2.12 bits per heavy atom. The van der Waals surface area contributed by atoms with Gasteiger partial charge in [-0.05, 0) is 51.5 Å². The average Bonchev–Trinajstić information content (AvgIpc) is 3.44. The van der Waals surface area contributed by atoms with E-state index in [1.165, 1.54) is 0 Å². The number of aromatic nitrogens is 4. The first kappa shape index (κ1) is 24.8. The minimum Gasteiger partial charge on any atom is -0.375 e. The van der Waals surface area contributed by atoms with E-state index in [2.05, 4.69) is 38.9 Å².